The Balaban J connectivity index is 2.25. The smallest absolute Gasteiger partial charge is 0.326 e. The molecule has 1 aromatic rings. The van der Waals surface area contributed by atoms with Crippen LogP contribution < -0.4 is 0 Å². The predicted molar refractivity (Wildman–Crippen MR) is 65.7 cm³/mol. The maximum absolute atomic E-state index is 12.3. The predicted octanol–water partition coefficient (Wildman–Crippen LogP) is 1.35. The number of carbonyl (C=O) groups is 2. The lowest BCUT2D eigenvalue weighted by Gasteiger charge is -2.21. The highest BCUT2D eigenvalue weighted by Crippen LogP contribution is 2.25. The molecule has 0 spiro atoms. The summed E-state index contributed by atoms with van der Waals surface area (Å²) in [5.41, 5.74) is 0.654. The van der Waals surface area contributed by atoms with Crippen LogP contribution in [0, 0.1) is 0 Å². The number of hydrogen-bond acceptors (Lipinski definition) is 5. The average molecular weight is 269 g/mol. The van der Waals surface area contributed by atoms with Crippen molar-refractivity contribution >= 4 is 23.4 Å². The average Bonchev–Trinajstić information content (AvgIpc) is 2.97. The molecule has 18 heavy (non-hydrogen) atoms. The lowest BCUT2D eigenvalue weighted by molar-refractivity contribution is -0.141. The van der Waals surface area contributed by atoms with Crippen LogP contribution in [0.1, 0.15) is 48.0 Å². The molecule has 2 rings (SSSR count). The van der Waals surface area contributed by atoms with Crippen LogP contribution in [0.3, 0.4) is 0 Å². The first-order valence-electron chi connectivity index (χ1n) is 5.88. The first-order chi connectivity index (χ1) is 8.52. The second-order valence-electron chi connectivity index (χ2n) is 4.64. The van der Waals surface area contributed by atoms with Gasteiger partial charge < -0.3 is 10.0 Å². The summed E-state index contributed by atoms with van der Waals surface area (Å²) in [6, 6.07) is -0.709. The molecule has 1 N–H and O–H groups in total. The Morgan fingerprint density at radius 3 is 2.83 bits per heavy atom. The van der Waals surface area contributed by atoms with E-state index in [0.717, 1.165) is 18.0 Å². The molecule has 0 radical (unpaired) electrons. The Morgan fingerprint density at radius 2 is 2.22 bits per heavy atom. The van der Waals surface area contributed by atoms with E-state index in [4.69, 9.17) is 5.11 Å². The normalized spacial score (nSPS) is 19.5. The van der Waals surface area contributed by atoms with Gasteiger partial charge in [0.25, 0.3) is 5.91 Å². The summed E-state index contributed by atoms with van der Waals surface area (Å²) in [5, 5.41) is 13.0. The molecule has 7 heteroatoms. The van der Waals surface area contributed by atoms with Gasteiger partial charge in [-0.2, -0.15) is 0 Å². The standard InChI is InChI=1S/C11H15N3O3S/c1-6(2)8-9(18-13-12-8)10(15)14-5-3-4-7(14)11(16)17/h6-7H,3-5H2,1-2H3,(H,16,17)/t7-/m1/s1. The first kappa shape index (κ1) is 12.9. The molecule has 2 heterocycles. The monoisotopic (exact) mass is 269 g/mol. The number of carboxylic acid groups (broad SMARTS) is 1. The molecule has 1 aliphatic rings. The van der Waals surface area contributed by atoms with Crippen molar-refractivity contribution in [2.75, 3.05) is 6.54 Å². The Kier molecular flexibility index (Phi) is 3.60. The van der Waals surface area contributed by atoms with E-state index in [9.17, 15) is 9.59 Å². The largest absolute Gasteiger partial charge is 0.480 e. The molecular weight excluding hydrogens is 254 g/mol. The Morgan fingerprint density at radius 1 is 1.50 bits per heavy atom. The topological polar surface area (TPSA) is 83.4 Å². The van der Waals surface area contributed by atoms with Gasteiger partial charge in [-0.3, -0.25) is 4.79 Å². The molecule has 1 amide bonds. The van der Waals surface area contributed by atoms with Crippen LogP contribution in [0.15, 0.2) is 0 Å². The number of hydrogen-bond donors (Lipinski definition) is 1. The molecule has 0 aromatic carbocycles. The van der Waals surface area contributed by atoms with Crippen LogP contribution in [0.4, 0.5) is 0 Å². The zero-order valence-electron chi connectivity index (χ0n) is 10.3. The quantitative estimate of drug-likeness (QED) is 0.895. The number of aliphatic carboxylic acids is 1. The third kappa shape index (κ3) is 2.22. The molecule has 6 nitrogen and oxygen atoms in total. The van der Waals surface area contributed by atoms with E-state index in [1.807, 2.05) is 13.8 Å². The molecular formula is C11H15N3O3S. The van der Waals surface area contributed by atoms with Crippen molar-refractivity contribution in [1.29, 1.82) is 0 Å². The number of carbonyl (C=O) groups excluding carboxylic acids is 1. The molecule has 98 valence electrons. The van der Waals surface area contributed by atoms with Crippen molar-refractivity contribution in [2.45, 2.75) is 38.6 Å². The van der Waals surface area contributed by atoms with Gasteiger partial charge in [-0.15, -0.1) is 5.10 Å². The van der Waals surface area contributed by atoms with Gasteiger partial charge in [-0.25, -0.2) is 4.79 Å². The van der Waals surface area contributed by atoms with Crippen molar-refractivity contribution < 1.29 is 14.7 Å². The summed E-state index contributed by atoms with van der Waals surface area (Å²) < 4.78 is 3.80. The zero-order valence-corrected chi connectivity index (χ0v) is 11.1. The summed E-state index contributed by atoms with van der Waals surface area (Å²) in [4.78, 5) is 25.3. The first-order valence-corrected chi connectivity index (χ1v) is 6.65. The summed E-state index contributed by atoms with van der Waals surface area (Å²) in [5.74, 6) is -1.09. The van der Waals surface area contributed by atoms with E-state index >= 15 is 0 Å². The van der Waals surface area contributed by atoms with E-state index in [1.165, 1.54) is 4.90 Å². The van der Waals surface area contributed by atoms with Crippen molar-refractivity contribution in [3.05, 3.63) is 10.6 Å². The lowest BCUT2D eigenvalue weighted by atomic mass is 10.1. The van der Waals surface area contributed by atoms with Gasteiger partial charge in [0.05, 0.1) is 5.69 Å². The van der Waals surface area contributed by atoms with Gasteiger partial charge in [-0.05, 0) is 30.3 Å². The van der Waals surface area contributed by atoms with Crippen molar-refractivity contribution in [3.8, 4) is 0 Å². The van der Waals surface area contributed by atoms with Gasteiger partial charge in [0, 0.05) is 6.54 Å². The minimum atomic E-state index is -0.940. The summed E-state index contributed by atoms with van der Waals surface area (Å²) in [6.45, 7) is 4.36. The number of rotatable bonds is 3. The number of nitrogens with zero attached hydrogens (tertiary/aromatic N) is 3. The number of likely N-dealkylation sites (tertiary alicyclic amines) is 1. The summed E-state index contributed by atoms with van der Waals surface area (Å²) >= 11 is 1.04. The Hall–Kier alpha value is -1.50. The maximum atomic E-state index is 12.3. The van der Waals surface area contributed by atoms with Crippen LogP contribution >= 0.6 is 11.5 Å². The molecule has 0 unspecified atom stereocenters. The van der Waals surface area contributed by atoms with Crippen LogP contribution in [-0.4, -0.2) is 44.1 Å². The van der Waals surface area contributed by atoms with Crippen molar-refractivity contribution in [3.63, 3.8) is 0 Å². The lowest BCUT2D eigenvalue weighted by Crippen LogP contribution is -2.40. The van der Waals surface area contributed by atoms with Crippen LogP contribution in [0.5, 0.6) is 0 Å². The summed E-state index contributed by atoms with van der Waals surface area (Å²) in [6.07, 6.45) is 1.25. The highest BCUT2D eigenvalue weighted by atomic mass is 32.1. The Bertz CT molecular complexity index is 472. The van der Waals surface area contributed by atoms with E-state index in [1.54, 1.807) is 0 Å². The third-order valence-electron chi connectivity index (χ3n) is 3.05. The molecule has 1 aromatic heterocycles. The van der Waals surface area contributed by atoms with E-state index in [0.29, 0.717) is 23.5 Å². The molecule has 0 saturated carbocycles. The summed E-state index contributed by atoms with van der Waals surface area (Å²) in [7, 11) is 0. The fourth-order valence-electron chi connectivity index (χ4n) is 2.12. The minimum absolute atomic E-state index is 0.105. The highest BCUT2D eigenvalue weighted by molar-refractivity contribution is 7.08. The van der Waals surface area contributed by atoms with Gasteiger partial charge >= 0.3 is 5.97 Å². The molecule has 1 saturated heterocycles. The van der Waals surface area contributed by atoms with Crippen molar-refractivity contribution in [1.82, 2.24) is 14.5 Å². The van der Waals surface area contributed by atoms with Crippen molar-refractivity contribution in [2.24, 2.45) is 0 Å². The van der Waals surface area contributed by atoms with Gasteiger partial charge in [-0.1, -0.05) is 18.3 Å². The SMILES string of the molecule is CC(C)c1nnsc1C(=O)N1CCC[C@@H]1C(=O)O. The van der Waals surface area contributed by atoms with Crippen LogP contribution in [0.2, 0.25) is 0 Å². The van der Waals surface area contributed by atoms with Gasteiger partial charge in [0.1, 0.15) is 10.9 Å². The number of carboxylic acids is 1. The fourth-order valence-corrected chi connectivity index (χ4v) is 2.90. The van der Waals surface area contributed by atoms with E-state index in [-0.39, 0.29) is 11.8 Å². The van der Waals surface area contributed by atoms with E-state index < -0.39 is 12.0 Å². The third-order valence-corrected chi connectivity index (χ3v) is 3.78. The molecule has 0 aliphatic carbocycles. The van der Waals surface area contributed by atoms with E-state index in [2.05, 4.69) is 9.59 Å². The molecule has 0 bridgehead atoms. The van der Waals surface area contributed by atoms with Gasteiger partial charge in [0.2, 0.25) is 0 Å². The highest BCUT2D eigenvalue weighted by Gasteiger charge is 2.36. The molecule has 1 atom stereocenters. The molecule has 1 aliphatic heterocycles. The zero-order chi connectivity index (χ0) is 13.3. The number of aromatic nitrogens is 2. The van der Waals surface area contributed by atoms with Gasteiger partial charge in [0.15, 0.2) is 0 Å². The second-order valence-corrected chi connectivity index (χ2v) is 5.39. The Labute approximate surface area is 109 Å². The molecule has 1 fully saturated rings. The minimum Gasteiger partial charge on any atom is -0.480 e. The fraction of sp³-hybridized carbons (Fsp3) is 0.636. The van der Waals surface area contributed by atoms with Crippen LogP contribution in [-0.2, 0) is 4.79 Å². The second kappa shape index (κ2) is 5.01. The van der Waals surface area contributed by atoms with Crippen LogP contribution in [0.25, 0.3) is 0 Å². The number of amides is 1. The maximum Gasteiger partial charge on any atom is 0.326 e.